The largest absolute Gasteiger partial charge is 0.378 e. The summed E-state index contributed by atoms with van der Waals surface area (Å²) in [5, 5.41) is 3.73. The molecule has 0 spiro atoms. The number of aromatic nitrogens is 3. The summed E-state index contributed by atoms with van der Waals surface area (Å²) in [6, 6.07) is 0. The zero-order valence-corrected chi connectivity index (χ0v) is 18.3. The van der Waals surface area contributed by atoms with Gasteiger partial charge in [0.15, 0.2) is 5.13 Å². The van der Waals surface area contributed by atoms with Gasteiger partial charge in [0.05, 0.1) is 30.2 Å². The summed E-state index contributed by atoms with van der Waals surface area (Å²) < 4.78 is 5.31. The monoisotopic (exact) mass is 430 g/mol. The minimum Gasteiger partial charge on any atom is -0.378 e. The van der Waals surface area contributed by atoms with E-state index in [1.807, 2.05) is 18.7 Å². The lowest BCUT2D eigenvalue weighted by Gasteiger charge is -2.27. The molecule has 4 heterocycles. The van der Waals surface area contributed by atoms with Crippen molar-refractivity contribution >= 4 is 28.3 Å². The molecule has 0 aromatic carbocycles. The van der Waals surface area contributed by atoms with Gasteiger partial charge in [-0.25, -0.2) is 15.0 Å². The zero-order chi connectivity index (χ0) is 21.3. The fraction of sp³-hybridized carbons (Fsp3) is 0.550. The highest BCUT2D eigenvalue weighted by atomic mass is 32.1. The lowest BCUT2D eigenvalue weighted by molar-refractivity contribution is 0.0301. The van der Waals surface area contributed by atoms with Crippen LogP contribution in [-0.4, -0.2) is 83.0 Å². The summed E-state index contributed by atoms with van der Waals surface area (Å²) in [7, 11) is 1.80. The Kier molecular flexibility index (Phi) is 5.96. The van der Waals surface area contributed by atoms with Gasteiger partial charge in [-0.2, -0.15) is 0 Å². The van der Waals surface area contributed by atoms with Crippen LogP contribution >= 0.6 is 11.3 Å². The maximum Gasteiger partial charge on any atom is 0.265 e. The van der Waals surface area contributed by atoms with Gasteiger partial charge in [0.1, 0.15) is 10.7 Å². The molecule has 0 saturated carbocycles. The number of carbonyl (C=O) groups is 2. The van der Waals surface area contributed by atoms with Gasteiger partial charge in [0.2, 0.25) is 0 Å². The van der Waals surface area contributed by atoms with E-state index in [-0.39, 0.29) is 17.7 Å². The fourth-order valence-electron chi connectivity index (χ4n) is 3.83. The zero-order valence-electron chi connectivity index (χ0n) is 17.5. The Balaban J connectivity index is 1.45. The number of nitrogens with one attached hydrogen (secondary N) is 1. The molecule has 2 fully saturated rings. The molecule has 2 saturated heterocycles. The second kappa shape index (κ2) is 8.65. The predicted octanol–water partition coefficient (Wildman–Crippen LogP) is 1.69. The Hall–Kier alpha value is -2.59. The first kappa shape index (κ1) is 20.7. The molecule has 2 aromatic heterocycles. The van der Waals surface area contributed by atoms with Crippen molar-refractivity contribution in [2.24, 2.45) is 0 Å². The summed E-state index contributed by atoms with van der Waals surface area (Å²) in [5.74, 6) is 0.715. The topological polar surface area (TPSA) is 101 Å². The van der Waals surface area contributed by atoms with Crippen LogP contribution in [-0.2, 0) is 4.74 Å². The normalized spacial score (nSPS) is 19.2. The van der Waals surface area contributed by atoms with E-state index in [1.54, 1.807) is 18.1 Å². The molecule has 9 nitrogen and oxygen atoms in total. The van der Waals surface area contributed by atoms with Crippen molar-refractivity contribution in [2.75, 3.05) is 51.8 Å². The highest BCUT2D eigenvalue weighted by Gasteiger charge is 2.32. The maximum atomic E-state index is 12.9. The van der Waals surface area contributed by atoms with Crippen LogP contribution in [0.15, 0.2) is 6.20 Å². The molecule has 0 aliphatic carbocycles. The van der Waals surface area contributed by atoms with Gasteiger partial charge in [-0.3, -0.25) is 9.59 Å². The van der Waals surface area contributed by atoms with Crippen molar-refractivity contribution in [3.8, 4) is 0 Å². The summed E-state index contributed by atoms with van der Waals surface area (Å²) in [6.07, 6.45) is 2.44. The maximum absolute atomic E-state index is 12.9. The van der Waals surface area contributed by atoms with E-state index < -0.39 is 0 Å². The van der Waals surface area contributed by atoms with Crippen LogP contribution in [0, 0.1) is 13.8 Å². The smallest absolute Gasteiger partial charge is 0.265 e. The molecule has 1 atom stereocenters. The van der Waals surface area contributed by atoms with E-state index in [1.165, 1.54) is 11.3 Å². The molecule has 30 heavy (non-hydrogen) atoms. The van der Waals surface area contributed by atoms with E-state index in [9.17, 15) is 9.59 Å². The highest BCUT2D eigenvalue weighted by Crippen LogP contribution is 2.29. The molecule has 2 aliphatic rings. The van der Waals surface area contributed by atoms with Crippen molar-refractivity contribution in [1.29, 1.82) is 0 Å². The first-order valence-electron chi connectivity index (χ1n) is 10.1. The summed E-state index contributed by atoms with van der Waals surface area (Å²) in [4.78, 5) is 43.4. The Morgan fingerprint density at radius 3 is 2.53 bits per heavy atom. The lowest BCUT2D eigenvalue weighted by atomic mass is 10.1. The molecule has 160 valence electrons. The van der Waals surface area contributed by atoms with Gasteiger partial charge in [-0.05, 0) is 20.3 Å². The third kappa shape index (κ3) is 4.01. The van der Waals surface area contributed by atoms with Crippen molar-refractivity contribution in [3.05, 3.63) is 33.8 Å². The average Bonchev–Trinajstić information content (AvgIpc) is 3.40. The molecule has 2 aliphatic heterocycles. The summed E-state index contributed by atoms with van der Waals surface area (Å²) >= 11 is 1.38. The molecule has 1 unspecified atom stereocenters. The molecule has 4 rings (SSSR count). The SMILES string of the molecule is CNc1nc(C)c(C(=O)N2CCC(c3ncc(C(=O)N4CCOCC4)c(C)n3)C2)s1. The van der Waals surface area contributed by atoms with Gasteiger partial charge in [-0.15, -0.1) is 0 Å². The number of hydrogen-bond acceptors (Lipinski definition) is 8. The van der Waals surface area contributed by atoms with Gasteiger partial charge < -0.3 is 19.9 Å². The van der Waals surface area contributed by atoms with E-state index in [2.05, 4.69) is 20.3 Å². The van der Waals surface area contributed by atoms with E-state index in [0.717, 1.165) is 17.2 Å². The summed E-state index contributed by atoms with van der Waals surface area (Å²) in [6.45, 7) is 7.23. The summed E-state index contributed by atoms with van der Waals surface area (Å²) in [5.41, 5.74) is 1.96. The van der Waals surface area contributed by atoms with Crippen LogP contribution in [0.1, 0.15) is 49.6 Å². The number of morpholine rings is 1. The van der Waals surface area contributed by atoms with Crippen LogP contribution in [0.5, 0.6) is 0 Å². The number of hydrogen-bond donors (Lipinski definition) is 1. The van der Waals surface area contributed by atoms with Crippen molar-refractivity contribution < 1.29 is 14.3 Å². The van der Waals surface area contributed by atoms with Gasteiger partial charge in [0.25, 0.3) is 11.8 Å². The van der Waals surface area contributed by atoms with E-state index in [4.69, 9.17) is 4.74 Å². The van der Waals surface area contributed by atoms with Crippen molar-refractivity contribution in [3.63, 3.8) is 0 Å². The molecular formula is C20H26N6O3S. The number of thiazole rings is 1. The number of ether oxygens (including phenoxy) is 1. The van der Waals surface area contributed by atoms with Crippen LogP contribution < -0.4 is 5.32 Å². The van der Waals surface area contributed by atoms with Gasteiger partial charge >= 0.3 is 0 Å². The molecule has 0 radical (unpaired) electrons. The second-order valence-electron chi connectivity index (χ2n) is 7.55. The van der Waals surface area contributed by atoms with Crippen LogP contribution in [0.25, 0.3) is 0 Å². The number of aryl methyl sites for hydroxylation is 2. The van der Waals surface area contributed by atoms with Crippen LogP contribution in [0.3, 0.4) is 0 Å². The second-order valence-corrected chi connectivity index (χ2v) is 8.55. The van der Waals surface area contributed by atoms with Gasteiger partial charge in [0, 0.05) is 45.3 Å². The molecule has 2 amide bonds. The van der Waals surface area contributed by atoms with Crippen LogP contribution in [0.4, 0.5) is 5.13 Å². The number of likely N-dealkylation sites (tertiary alicyclic amines) is 1. The number of carbonyl (C=O) groups excluding carboxylic acids is 2. The molecule has 1 N–H and O–H groups in total. The first-order chi connectivity index (χ1) is 14.5. The fourth-order valence-corrected chi connectivity index (χ4v) is 4.72. The van der Waals surface area contributed by atoms with E-state index in [0.29, 0.717) is 61.4 Å². The molecule has 2 aromatic rings. The minimum atomic E-state index is -0.0495. The third-order valence-corrected chi connectivity index (χ3v) is 6.73. The molecule has 10 heteroatoms. The van der Waals surface area contributed by atoms with Gasteiger partial charge in [-0.1, -0.05) is 11.3 Å². The highest BCUT2D eigenvalue weighted by molar-refractivity contribution is 7.17. The predicted molar refractivity (Wildman–Crippen MR) is 113 cm³/mol. The number of rotatable bonds is 4. The van der Waals surface area contributed by atoms with Crippen molar-refractivity contribution in [2.45, 2.75) is 26.2 Å². The first-order valence-corrected chi connectivity index (χ1v) is 10.9. The number of nitrogens with zero attached hydrogens (tertiary/aromatic N) is 5. The van der Waals surface area contributed by atoms with Crippen molar-refractivity contribution in [1.82, 2.24) is 24.8 Å². The Bertz CT molecular complexity index is 956. The molecular weight excluding hydrogens is 404 g/mol. The van der Waals surface area contributed by atoms with E-state index >= 15 is 0 Å². The quantitative estimate of drug-likeness (QED) is 0.788. The number of amides is 2. The lowest BCUT2D eigenvalue weighted by Crippen LogP contribution is -2.41. The number of anilines is 1. The average molecular weight is 431 g/mol. The Morgan fingerprint density at radius 1 is 1.10 bits per heavy atom. The minimum absolute atomic E-state index is 0.00448. The third-order valence-electron chi connectivity index (χ3n) is 5.57. The Morgan fingerprint density at radius 2 is 1.87 bits per heavy atom. The standard InChI is InChI=1S/C20H26N6O3S/c1-12-15(18(27)25-6-8-29-9-7-25)10-22-17(23-12)14-4-5-26(11-14)19(28)16-13(2)24-20(21-3)30-16/h10,14H,4-9,11H2,1-3H3,(H,21,24). The Labute approximate surface area is 179 Å². The molecule has 0 bridgehead atoms. The van der Waals surface area contributed by atoms with Crippen LogP contribution in [0.2, 0.25) is 0 Å².